The van der Waals surface area contributed by atoms with Crippen LogP contribution in [0.2, 0.25) is 5.02 Å². The van der Waals surface area contributed by atoms with Gasteiger partial charge in [0.05, 0.1) is 11.4 Å². The number of sulfonamides is 1. The Kier molecular flexibility index (Phi) is 2.65. The van der Waals surface area contributed by atoms with Gasteiger partial charge in [0.15, 0.2) is 5.82 Å². The Morgan fingerprint density at radius 3 is 2.89 bits per heavy atom. The van der Waals surface area contributed by atoms with Crippen LogP contribution >= 0.6 is 11.6 Å². The maximum Gasteiger partial charge on any atom is 0.267 e. The Hall–Kier alpha value is -1.79. The summed E-state index contributed by atoms with van der Waals surface area (Å²) in [7, 11) is -2.14. The molecule has 0 spiro atoms. The summed E-state index contributed by atoms with van der Waals surface area (Å²) in [6.07, 6.45) is 1.54. The zero-order valence-electron chi connectivity index (χ0n) is 9.96. The number of fused-ring (bicyclic) bond motifs is 2. The van der Waals surface area contributed by atoms with E-state index in [4.69, 9.17) is 11.6 Å². The molecule has 0 aliphatic carbocycles. The molecule has 0 bridgehead atoms. The number of aromatic nitrogens is 1. The highest BCUT2D eigenvalue weighted by atomic mass is 35.5. The van der Waals surface area contributed by atoms with Gasteiger partial charge in [-0.2, -0.15) is 0 Å². The normalized spacial score (nSPS) is 16.0. The summed E-state index contributed by atoms with van der Waals surface area (Å²) in [5.41, 5.74) is 1.14. The zero-order valence-corrected chi connectivity index (χ0v) is 11.5. The van der Waals surface area contributed by atoms with Crippen molar-refractivity contribution in [3.63, 3.8) is 0 Å². The Morgan fingerprint density at radius 1 is 1.32 bits per heavy atom. The molecule has 1 aromatic carbocycles. The van der Waals surface area contributed by atoms with Crippen molar-refractivity contribution in [2.75, 3.05) is 16.7 Å². The SMILES string of the molecule is CN1c2cc(Cl)ccc2Nc2ncccc2S1(=O)=O. The van der Waals surface area contributed by atoms with Crippen LogP contribution in [-0.2, 0) is 10.0 Å². The molecule has 1 N–H and O–H groups in total. The van der Waals surface area contributed by atoms with E-state index in [0.717, 1.165) is 0 Å². The van der Waals surface area contributed by atoms with Crippen LogP contribution in [0.25, 0.3) is 0 Å². The van der Waals surface area contributed by atoms with Crippen LogP contribution in [0.5, 0.6) is 0 Å². The van der Waals surface area contributed by atoms with Gasteiger partial charge in [-0.25, -0.2) is 13.4 Å². The first-order chi connectivity index (χ1) is 9.00. The molecule has 2 aromatic rings. The lowest BCUT2D eigenvalue weighted by atomic mass is 10.2. The molecular weight excluding hydrogens is 286 g/mol. The Labute approximate surface area is 115 Å². The van der Waals surface area contributed by atoms with Crippen LogP contribution in [-0.4, -0.2) is 20.4 Å². The summed E-state index contributed by atoms with van der Waals surface area (Å²) in [4.78, 5) is 4.22. The number of rotatable bonds is 0. The van der Waals surface area contributed by atoms with Crippen molar-refractivity contribution in [2.45, 2.75) is 4.90 Å². The molecule has 2 heterocycles. The number of anilines is 3. The van der Waals surface area contributed by atoms with E-state index in [-0.39, 0.29) is 4.90 Å². The van der Waals surface area contributed by atoms with E-state index < -0.39 is 10.0 Å². The summed E-state index contributed by atoms with van der Waals surface area (Å²) in [5.74, 6) is 0.315. The highest BCUT2D eigenvalue weighted by molar-refractivity contribution is 7.93. The van der Waals surface area contributed by atoms with Crippen molar-refractivity contribution in [1.29, 1.82) is 0 Å². The van der Waals surface area contributed by atoms with Gasteiger partial charge in [-0.15, -0.1) is 0 Å². The van der Waals surface area contributed by atoms with Crippen molar-refractivity contribution in [1.82, 2.24) is 4.98 Å². The quantitative estimate of drug-likeness (QED) is 0.811. The van der Waals surface area contributed by atoms with Crippen molar-refractivity contribution in [3.8, 4) is 0 Å². The molecule has 0 saturated heterocycles. The molecule has 1 aliphatic rings. The van der Waals surface area contributed by atoms with E-state index in [1.165, 1.54) is 17.4 Å². The summed E-state index contributed by atoms with van der Waals surface area (Å²) in [6, 6.07) is 8.14. The number of pyridine rings is 1. The second kappa shape index (κ2) is 4.11. The van der Waals surface area contributed by atoms with Gasteiger partial charge >= 0.3 is 0 Å². The Bertz CT molecular complexity index is 761. The fourth-order valence-corrected chi connectivity index (χ4v) is 3.44. The van der Waals surface area contributed by atoms with Gasteiger partial charge in [0.2, 0.25) is 0 Å². The molecule has 3 rings (SSSR count). The van der Waals surface area contributed by atoms with Gasteiger partial charge in [0, 0.05) is 18.3 Å². The van der Waals surface area contributed by atoms with Crippen LogP contribution < -0.4 is 9.62 Å². The van der Waals surface area contributed by atoms with E-state index in [1.54, 1.807) is 30.5 Å². The second-order valence-electron chi connectivity index (χ2n) is 4.11. The number of halogens is 1. The van der Waals surface area contributed by atoms with Gasteiger partial charge in [-0.3, -0.25) is 4.31 Å². The van der Waals surface area contributed by atoms with Gasteiger partial charge in [0.25, 0.3) is 10.0 Å². The average molecular weight is 296 g/mol. The predicted octanol–water partition coefficient (Wildman–Crippen LogP) is 2.62. The third-order valence-corrected chi connectivity index (χ3v) is 5.00. The molecule has 19 heavy (non-hydrogen) atoms. The fourth-order valence-electron chi connectivity index (χ4n) is 1.97. The van der Waals surface area contributed by atoms with Gasteiger partial charge in [-0.1, -0.05) is 11.6 Å². The van der Waals surface area contributed by atoms with Gasteiger partial charge in [0.1, 0.15) is 4.90 Å². The first kappa shape index (κ1) is 12.3. The molecule has 0 saturated carbocycles. The highest BCUT2D eigenvalue weighted by Gasteiger charge is 2.30. The molecule has 98 valence electrons. The number of benzene rings is 1. The standard InChI is InChI=1S/C12H10ClN3O2S/c1-16-10-7-8(13)4-5-9(10)15-12-11(19(16,17)18)3-2-6-14-12/h2-7H,1H3,(H,14,15). The number of hydrogen-bond acceptors (Lipinski definition) is 4. The number of nitrogens with one attached hydrogen (secondary N) is 1. The number of hydrogen-bond donors (Lipinski definition) is 1. The summed E-state index contributed by atoms with van der Waals surface area (Å²) in [5, 5.41) is 3.50. The lowest BCUT2D eigenvalue weighted by molar-refractivity contribution is 0.595. The molecule has 0 radical (unpaired) electrons. The smallest absolute Gasteiger partial charge is 0.267 e. The van der Waals surface area contributed by atoms with E-state index in [0.29, 0.717) is 22.2 Å². The predicted molar refractivity (Wildman–Crippen MR) is 74.6 cm³/mol. The van der Waals surface area contributed by atoms with Gasteiger partial charge < -0.3 is 5.32 Å². The van der Waals surface area contributed by atoms with Crippen molar-refractivity contribution in [2.24, 2.45) is 0 Å². The largest absolute Gasteiger partial charge is 0.337 e. The fraction of sp³-hybridized carbons (Fsp3) is 0.0833. The monoisotopic (exact) mass is 295 g/mol. The minimum Gasteiger partial charge on any atom is -0.337 e. The maximum absolute atomic E-state index is 12.5. The molecule has 1 aliphatic heterocycles. The first-order valence-electron chi connectivity index (χ1n) is 5.51. The Morgan fingerprint density at radius 2 is 2.11 bits per heavy atom. The third kappa shape index (κ3) is 1.84. The van der Waals surface area contributed by atoms with E-state index in [9.17, 15) is 8.42 Å². The minimum atomic E-state index is -3.64. The topological polar surface area (TPSA) is 62.3 Å². The second-order valence-corrected chi connectivity index (χ2v) is 6.48. The molecule has 0 atom stereocenters. The van der Waals surface area contributed by atoms with Crippen LogP contribution in [0.4, 0.5) is 17.2 Å². The molecule has 5 nitrogen and oxygen atoms in total. The zero-order chi connectivity index (χ0) is 13.6. The van der Waals surface area contributed by atoms with Crippen molar-refractivity contribution >= 4 is 38.8 Å². The summed E-state index contributed by atoms with van der Waals surface area (Å²) < 4.78 is 26.2. The van der Waals surface area contributed by atoms with Gasteiger partial charge in [-0.05, 0) is 30.3 Å². The average Bonchev–Trinajstić information content (AvgIpc) is 2.47. The molecule has 0 unspecified atom stereocenters. The molecule has 0 amide bonds. The maximum atomic E-state index is 12.5. The van der Waals surface area contributed by atoms with Crippen LogP contribution in [0.3, 0.4) is 0 Å². The summed E-state index contributed by atoms with van der Waals surface area (Å²) in [6.45, 7) is 0. The van der Waals surface area contributed by atoms with Crippen LogP contribution in [0.1, 0.15) is 0 Å². The number of nitrogens with zero attached hydrogens (tertiary/aromatic N) is 2. The lowest BCUT2D eigenvalue weighted by Crippen LogP contribution is -2.25. The molecule has 7 heteroatoms. The molecule has 1 aromatic heterocycles. The lowest BCUT2D eigenvalue weighted by Gasteiger charge is -2.18. The first-order valence-corrected chi connectivity index (χ1v) is 7.32. The van der Waals surface area contributed by atoms with Crippen molar-refractivity contribution < 1.29 is 8.42 Å². The Balaban J connectivity index is 2.33. The third-order valence-electron chi connectivity index (χ3n) is 2.96. The molecule has 0 fully saturated rings. The van der Waals surface area contributed by atoms with E-state index in [2.05, 4.69) is 10.3 Å². The van der Waals surface area contributed by atoms with E-state index in [1.807, 2.05) is 0 Å². The summed E-state index contributed by atoms with van der Waals surface area (Å²) >= 11 is 5.93. The van der Waals surface area contributed by atoms with Crippen molar-refractivity contribution in [3.05, 3.63) is 41.6 Å². The highest BCUT2D eigenvalue weighted by Crippen LogP contribution is 2.38. The minimum absolute atomic E-state index is 0.143. The van der Waals surface area contributed by atoms with E-state index >= 15 is 0 Å². The van der Waals surface area contributed by atoms with Crippen LogP contribution in [0, 0.1) is 0 Å². The molecular formula is C12H10ClN3O2S. The van der Waals surface area contributed by atoms with Crippen LogP contribution in [0.15, 0.2) is 41.4 Å².